The molecule has 74 heavy (non-hydrogen) atoms. The smallest absolute Gasteiger partial charge is 0.408 e. The van der Waals surface area contributed by atoms with Crippen LogP contribution in [0.4, 0.5) is 19.2 Å². The number of phenols is 1. The third-order valence-electron chi connectivity index (χ3n) is 10.8. The van der Waals surface area contributed by atoms with Crippen molar-refractivity contribution in [1.29, 1.82) is 0 Å². The number of carbonyl (C=O) groups excluding carboxylic acids is 8. The first-order valence-corrected chi connectivity index (χ1v) is 25.2. The molecule has 0 aromatic heterocycles. The minimum Gasteiger partial charge on any atom is -0.508 e. The Bertz CT molecular complexity index is 2260. The lowest BCUT2D eigenvalue weighted by Gasteiger charge is -2.32. The number of aromatic hydroxyl groups is 1. The van der Waals surface area contributed by atoms with Crippen LogP contribution in [0.25, 0.3) is 11.1 Å². The monoisotopic (exact) mass is 1040 g/mol. The van der Waals surface area contributed by atoms with Crippen LogP contribution in [0.5, 0.6) is 5.75 Å². The lowest BCUT2D eigenvalue weighted by Crippen LogP contribution is -2.58. The number of alkyl carbamates (subject to hydrolysis) is 4. The Morgan fingerprint density at radius 3 is 1.84 bits per heavy atom. The third kappa shape index (κ3) is 23.8. The van der Waals surface area contributed by atoms with Gasteiger partial charge in [0.25, 0.3) is 0 Å². The van der Waals surface area contributed by atoms with Crippen LogP contribution < -0.4 is 37.2 Å². The second-order valence-corrected chi connectivity index (χ2v) is 22.4. The van der Waals surface area contributed by atoms with Crippen molar-refractivity contribution in [1.82, 2.24) is 42.1 Å². The summed E-state index contributed by atoms with van der Waals surface area (Å²) < 4.78 is 21.5. The molecule has 0 radical (unpaired) electrons. The molecule has 0 saturated heterocycles. The molecule has 0 saturated carbocycles. The highest BCUT2D eigenvalue weighted by molar-refractivity contribution is 5.94. The molecule has 2 aromatic rings. The summed E-state index contributed by atoms with van der Waals surface area (Å²) >= 11 is 0. The van der Waals surface area contributed by atoms with Gasteiger partial charge in [0.15, 0.2) is 0 Å². The van der Waals surface area contributed by atoms with E-state index in [1.54, 1.807) is 95.2 Å². The molecule has 3 rings (SSSR count). The molecule has 2 aromatic carbocycles. The van der Waals surface area contributed by atoms with E-state index in [1.807, 2.05) is 24.3 Å². The summed E-state index contributed by atoms with van der Waals surface area (Å²) in [5.41, 5.74) is -0.718. The molecule has 0 aliphatic carbocycles. The number of ether oxygens (including phenoxy) is 4. The van der Waals surface area contributed by atoms with E-state index in [1.165, 1.54) is 18.0 Å². The molecule has 4 bridgehead atoms. The van der Waals surface area contributed by atoms with Crippen LogP contribution in [0, 0.1) is 0 Å². The number of amides is 8. The molecule has 8 amide bonds. The Labute approximate surface area is 436 Å². The van der Waals surface area contributed by atoms with Gasteiger partial charge in [-0.3, -0.25) is 19.2 Å². The average Bonchev–Trinajstić information content (AvgIpc) is 3.25. The summed E-state index contributed by atoms with van der Waals surface area (Å²) in [4.78, 5) is 108. The Morgan fingerprint density at radius 1 is 0.662 bits per heavy atom. The predicted molar refractivity (Wildman–Crippen MR) is 278 cm³/mol. The number of fused-ring (bicyclic) bond motifs is 5. The Hall–Kier alpha value is -6.80. The first-order chi connectivity index (χ1) is 34.3. The average molecular weight is 1040 g/mol. The highest BCUT2D eigenvalue weighted by Crippen LogP contribution is 2.29. The van der Waals surface area contributed by atoms with Gasteiger partial charge in [-0.2, -0.15) is 0 Å². The van der Waals surface area contributed by atoms with Crippen molar-refractivity contribution in [2.45, 2.75) is 181 Å². The fourth-order valence-electron chi connectivity index (χ4n) is 7.58. The number of unbranched alkanes of at least 4 members (excludes halogenated alkanes) is 1. The van der Waals surface area contributed by atoms with Gasteiger partial charge in [0.2, 0.25) is 23.6 Å². The van der Waals surface area contributed by atoms with Crippen LogP contribution in [0.15, 0.2) is 42.5 Å². The number of benzene rings is 2. The molecule has 412 valence electrons. The minimum atomic E-state index is -1.34. The maximum atomic E-state index is 14.7. The zero-order chi connectivity index (χ0) is 55.6. The Kier molecular flexibility index (Phi) is 22.8. The molecule has 21 heteroatoms. The second kappa shape index (κ2) is 27.5. The van der Waals surface area contributed by atoms with Crippen LogP contribution in [0.2, 0.25) is 0 Å². The number of hydrogen-bond donors (Lipinski definition) is 8. The minimum absolute atomic E-state index is 0.00603. The van der Waals surface area contributed by atoms with E-state index in [4.69, 9.17) is 18.9 Å². The van der Waals surface area contributed by atoms with E-state index in [0.29, 0.717) is 36.0 Å². The molecule has 1 aliphatic rings. The summed E-state index contributed by atoms with van der Waals surface area (Å²) in [5, 5.41) is 30.2. The largest absolute Gasteiger partial charge is 0.508 e. The summed E-state index contributed by atoms with van der Waals surface area (Å²) in [7, 11) is 1.47. The van der Waals surface area contributed by atoms with Gasteiger partial charge < -0.3 is 66.2 Å². The number of nitrogens with one attached hydrogen (secondary N) is 7. The number of likely N-dealkylation sites (N-methyl/N-ethyl adjacent to an activating group) is 1. The van der Waals surface area contributed by atoms with Gasteiger partial charge in [0.05, 0.1) is 0 Å². The SMILES string of the molecule is CN1C(=O)[C@H](CCCNC(=O)OC(C)(C)C)NC(=O)[C@@H](NC(=O)OC(C)(C)C)Cc2cc(ccc2O)-c2cccc(c2)C[C@H]1C(=O)NCCCC[C@@H](CC(=O)NCCNC(=O)OC(C)(C)C)NC(=O)OC(C)(C)C. The first-order valence-electron chi connectivity index (χ1n) is 25.2. The Balaban J connectivity index is 1.89. The van der Waals surface area contributed by atoms with Crippen molar-refractivity contribution in [2.75, 3.05) is 33.2 Å². The first kappa shape index (κ1) is 61.5. The van der Waals surface area contributed by atoms with Crippen molar-refractivity contribution < 1.29 is 62.4 Å². The molecule has 0 unspecified atom stereocenters. The molecular weight excluding hydrogens is 957 g/mol. The lowest BCUT2D eigenvalue weighted by molar-refractivity contribution is -0.142. The standard InChI is InChI=1S/C53H82N8O13/c1-50(2,3)71-46(67)56-25-17-21-38-45(66)61(13)40(29-33-18-16-19-34(28-33)35-22-23-41(62)36(30-35)31-39(43(64)59-38)60-49(70)74-53(10,11)12)44(65)55-24-15-14-20-37(58-48(69)73-52(7,8)9)32-42(63)54-26-27-57-47(68)72-51(4,5)6/h16,18-19,22-23,28,30,37-40,62H,14-15,17,20-21,24-27,29,31-32H2,1-13H3,(H,54,63)(H,55,65)(H,56,67)(H,57,68)(H,58,69)(H,59,64)(H,60,70)/t37-,38-,39-,40-/m0/s1. The maximum Gasteiger partial charge on any atom is 0.408 e. The molecular formula is C53H82N8O13. The van der Waals surface area contributed by atoms with Crippen molar-refractivity contribution in [3.8, 4) is 16.9 Å². The van der Waals surface area contributed by atoms with Crippen molar-refractivity contribution >= 4 is 48.0 Å². The third-order valence-corrected chi connectivity index (χ3v) is 10.8. The van der Waals surface area contributed by atoms with Crippen LogP contribution >= 0.6 is 0 Å². The number of hydrogen-bond acceptors (Lipinski definition) is 13. The van der Waals surface area contributed by atoms with Gasteiger partial charge in [-0.1, -0.05) is 30.3 Å². The van der Waals surface area contributed by atoms with E-state index >= 15 is 0 Å². The normalized spacial score (nSPS) is 16.9. The van der Waals surface area contributed by atoms with Crippen molar-refractivity contribution in [3.05, 3.63) is 53.6 Å². The van der Waals surface area contributed by atoms with Gasteiger partial charge >= 0.3 is 24.4 Å². The van der Waals surface area contributed by atoms with E-state index in [2.05, 4.69) is 37.2 Å². The van der Waals surface area contributed by atoms with Gasteiger partial charge in [-0.15, -0.1) is 0 Å². The van der Waals surface area contributed by atoms with E-state index < -0.39 is 88.7 Å². The summed E-state index contributed by atoms with van der Waals surface area (Å²) in [6, 6.07) is 7.91. The zero-order valence-corrected chi connectivity index (χ0v) is 45.6. The molecule has 1 heterocycles. The highest BCUT2D eigenvalue weighted by Gasteiger charge is 2.35. The predicted octanol–water partition coefficient (Wildman–Crippen LogP) is 5.88. The molecule has 4 atom stereocenters. The zero-order valence-electron chi connectivity index (χ0n) is 45.6. The quantitative estimate of drug-likeness (QED) is 0.0680. The highest BCUT2D eigenvalue weighted by atomic mass is 16.6. The molecule has 1 aliphatic heterocycles. The van der Waals surface area contributed by atoms with Gasteiger partial charge in [0.1, 0.15) is 46.3 Å². The number of carbonyl (C=O) groups is 8. The maximum absolute atomic E-state index is 14.7. The molecule has 0 fully saturated rings. The van der Waals surface area contributed by atoms with Crippen LogP contribution in [0.1, 0.15) is 133 Å². The topological polar surface area (TPSA) is 281 Å². The van der Waals surface area contributed by atoms with Crippen molar-refractivity contribution in [2.24, 2.45) is 0 Å². The summed E-state index contributed by atoms with van der Waals surface area (Å²) in [5.74, 6) is -2.39. The van der Waals surface area contributed by atoms with Crippen LogP contribution in [-0.4, -0.2) is 138 Å². The van der Waals surface area contributed by atoms with Gasteiger partial charge in [0, 0.05) is 58.5 Å². The number of phenolic OH excluding ortho intramolecular Hbond substituents is 1. The van der Waals surface area contributed by atoms with E-state index in [9.17, 15) is 43.5 Å². The van der Waals surface area contributed by atoms with Crippen LogP contribution in [0.3, 0.4) is 0 Å². The fraction of sp³-hybridized carbons (Fsp3) is 0.623. The Morgan fingerprint density at radius 2 is 1.22 bits per heavy atom. The molecule has 21 nitrogen and oxygen atoms in total. The van der Waals surface area contributed by atoms with E-state index in [0.717, 1.165) is 5.56 Å². The number of rotatable bonds is 17. The van der Waals surface area contributed by atoms with Gasteiger partial charge in [-0.25, -0.2) is 19.2 Å². The summed E-state index contributed by atoms with van der Waals surface area (Å²) in [6.07, 6.45) is -1.74. The van der Waals surface area contributed by atoms with Crippen molar-refractivity contribution in [3.63, 3.8) is 0 Å². The van der Waals surface area contributed by atoms with E-state index in [-0.39, 0.29) is 69.9 Å². The van der Waals surface area contributed by atoms with Crippen LogP contribution in [-0.2, 0) is 51.0 Å². The summed E-state index contributed by atoms with van der Waals surface area (Å²) in [6.45, 7) is 21.0. The van der Waals surface area contributed by atoms with Gasteiger partial charge in [-0.05, 0) is 150 Å². The molecule has 0 spiro atoms. The lowest BCUT2D eigenvalue weighted by atomic mass is 9.95. The fourth-order valence-corrected chi connectivity index (χ4v) is 7.58. The number of nitrogens with zero attached hydrogens (tertiary/aromatic N) is 1. The second-order valence-electron chi connectivity index (χ2n) is 22.4. The molecule has 8 N–H and O–H groups in total.